The van der Waals surface area contributed by atoms with Crippen molar-refractivity contribution in [3.8, 4) is 0 Å². The molecule has 35 heavy (non-hydrogen) atoms. The first-order valence-electron chi connectivity index (χ1n) is 11.3. The number of hydrogen-bond acceptors (Lipinski definition) is 7. The fourth-order valence-corrected chi connectivity index (χ4v) is 4.57. The first kappa shape index (κ1) is 24.9. The van der Waals surface area contributed by atoms with Crippen molar-refractivity contribution < 1.29 is 23.1 Å². The number of nitrogens with zero attached hydrogens (tertiary/aromatic N) is 5. The van der Waals surface area contributed by atoms with E-state index in [9.17, 15) is 23.1 Å². The Balaban J connectivity index is 1.76. The molecule has 2 aliphatic rings. The van der Waals surface area contributed by atoms with Gasteiger partial charge in [0, 0.05) is 39.1 Å². The third-order valence-electron chi connectivity index (χ3n) is 6.03. The number of nitrogens with one attached hydrogen (secondary N) is 1. The number of likely N-dealkylation sites (N-methyl/N-ethyl adjacent to an activating group) is 1. The van der Waals surface area contributed by atoms with Crippen molar-refractivity contribution in [3.05, 3.63) is 42.0 Å². The van der Waals surface area contributed by atoms with E-state index in [1.165, 1.54) is 17.9 Å². The normalized spacial score (nSPS) is 17.1. The van der Waals surface area contributed by atoms with Crippen molar-refractivity contribution >= 4 is 51.9 Å². The summed E-state index contributed by atoms with van der Waals surface area (Å²) in [7, 11) is 2.03. The number of hydrogen-bond donors (Lipinski definition) is 2. The van der Waals surface area contributed by atoms with E-state index < -0.39 is 11.3 Å². The minimum absolute atomic E-state index is 0.0254. The fraction of sp³-hybridized carbons (Fsp3) is 0.391. The molecule has 3 heterocycles. The van der Waals surface area contributed by atoms with E-state index in [-0.39, 0.29) is 48.7 Å². The van der Waals surface area contributed by atoms with Gasteiger partial charge in [-0.05, 0) is 38.2 Å². The number of carbonyl (C=O) groups is 3. The highest BCUT2D eigenvalue weighted by molar-refractivity contribution is 7.80. The molecule has 2 amide bonds. The lowest BCUT2D eigenvalue weighted by molar-refractivity contribution is -0.119. The van der Waals surface area contributed by atoms with Crippen molar-refractivity contribution in [3.63, 3.8) is 0 Å². The molecule has 0 radical (unpaired) electrons. The van der Waals surface area contributed by atoms with Crippen LogP contribution in [0.4, 0.5) is 23.0 Å². The van der Waals surface area contributed by atoms with Crippen LogP contribution in [0.2, 0.25) is 0 Å². The van der Waals surface area contributed by atoms with E-state index in [0.29, 0.717) is 16.9 Å². The number of rotatable bonds is 7. The summed E-state index contributed by atoms with van der Waals surface area (Å²) < 4.78 is 22.9. The van der Waals surface area contributed by atoms with Crippen molar-refractivity contribution in [1.82, 2.24) is 14.8 Å². The fourth-order valence-electron chi connectivity index (χ4n) is 4.06. The van der Waals surface area contributed by atoms with Crippen LogP contribution in [-0.4, -0.2) is 87.5 Å². The molecule has 1 aromatic heterocycles. The molecule has 186 valence electrons. The van der Waals surface area contributed by atoms with Gasteiger partial charge in [-0.1, -0.05) is 12.1 Å². The minimum atomic E-state index is -2.44. The summed E-state index contributed by atoms with van der Waals surface area (Å²) in [6.07, 6.45) is 0.0523. The number of pyridine rings is 1. The number of para-hydroxylation sites is 1. The molecule has 2 N–H and O–H groups in total. The van der Waals surface area contributed by atoms with Crippen LogP contribution in [0.3, 0.4) is 0 Å². The number of fused-ring (bicyclic) bond motifs is 2. The molecular weight excluding hydrogens is 472 g/mol. The van der Waals surface area contributed by atoms with Crippen LogP contribution in [0.15, 0.2) is 36.4 Å². The van der Waals surface area contributed by atoms with Crippen molar-refractivity contribution in [2.45, 2.75) is 13.3 Å². The molecule has 0 bridgehead atoms. The molecule has 11 nitrogen and oxygen atoms in total. The van der Waals surface area contributed by atoms with Gasteiger partial charge in [0.1, 0.15) is 11.6 Å². The highest BCUT2D eigenvalue weighted by Gasteiger charge is 2.32. The maximum absolute atomic E-state index is 13.7. The Kier molecular flexibility index (Phi) is 7.55. The van der Waals surface area contributed by atoms with Crippen LogP contribution in [0.1, 0.15) is 23.7 Å². The van der Waals surface area contributed by atoms with Crippen molar-refractivity contribution in [1.29, 1.82) is 0 Å². The van der Waals surface area contributed by atoms with Crippen LogP contribution < -0.4 is 14.5 Å². The maximum atomic E-state index is 13.7. The summed E-state index contributed by atoms with van der Waals surface area (Å²) in [5.74, 6) is -0.536. The third-order valence-corrected chi connectivity index (χ3v) is 6.77. The number of benzene rings is 1. The predicted octanol–water partition coefficient (Wildman–Crippen LogP) is 1.48. The van der Waals surface area contributed by atoms with Gasteiger partial charge in [-0.3, -0.25) is 33.0 Å². The molecule has 4 rings (SSSR count). The molecule has 1 fully saturated rings. The van der Waals surface area contributed by atoms with E-state index in [1.54, 1.807) is 30.3 Å². The highest BCUT2D eigenvalue weighted by atomic mass is 32.2. The molecule has 1 unspecified atom stereocenters. The monoisotopic (exact) mass is 500 g/mol. The standard InChI is InChI=1S/C23H28N6O5S/c1-16(30)9-10-28(35(33)34)20-8-7-18-22(25-20)29(19-6-4-3-5-17(19)23(32)24-18)21(31)15-27-13-11-26(2)12-14-27/h3-8H,9-15H2,1-2H3,(H,24,32)(H,33,34). The number of Topliss-reactive ketones (excluding diaryl/α,β-unsaturated/α-hetero) is 1. The highest BCUT2D eigenvalue weighted by Crippen LogP contribution is 2.38. The second kappa shape index (κ2) is 10.6. The SMILES string of the molecule is CC(=O)CCN(c1ccc2c(n1)N(C(=O)CN1CCN(C)CC1)c1ccccc1C(=O)N2)S(=O)O. The average molecular weight is 501 g/mol. The van der Waals surface area contributed by atoms with Gasteiger partial charge in [0.25, 0.3) is 17.2 Å². The predicted molar refractivity (Wildman–Crippen MR) is 133 cm³/mol. The average Bonchev–Trinajstić information content (AvgIpc) is 2.94. The van der Waals surface area contributed by atoms with Gasteiger partial charge in [0.05, 0.1) is 23.5 Å². The van der Waals surface area contributed by atoms with E-state index in [1.807, 2.05) is 7.05 Å². The topological polar surface area (TPSA) is 126 Å². The number of aromatic nitrogens is 1. The van der Waals surface area contributed by atoms with Gasteiger partial charge in [-0.15, -0.1) is 0 Å². The van der Waals surface area contributed by atoms with Gasteiger partial charge < -0.3 is 10.2 Å². The van der Waals surface area contributed by atoms with E-state index >= 15 is 0 Å². The maximum Gasteiger partial charge on any atom is 0.263 e. The minimum Gasteiger partial charge on any atom is -0.319 e. The van der Waals surface area contributed by atoms with Gasteiger partial charge >= 0.3 is 0 Å². The second-order valence-corrected chi connectivity index (χ2v) is 9.51. The van der Waals surface area contributed by atoms with Crippen LogP contribution in [-0.2, 0) is 20.9 Å². The number of carbonyl (C=O) groups excluding carboxylic acids is 3. The van der Waals surface area contributed by atoms with Gasteiger partial charge in [-0.2, -0.15) is 0 Å². The zero-order valence-corrected chi connectivity index (χ0v) is 20.5. The van der Waals surface area contributed by atoms with Gasteiger partial charge in [-0.25, -0.2) is 9.19 Å². The summed E-state index contributed by atoms with van der Waals surface area (Å²) in [4.78, 5) is 48.3. The molecule has 1 saturated heterocycles. The van der Waals surface area contributed by atoms with Gasteiger partial charge in [0.15, 0.2) is 5.82 Å². The number of anilines is 4. The van der Waals surface area contributed by atoms with E-state index in [2.05, 4.69) is 20.1 Å². The largest absolute Gasteiger partial charge is 0.319 e. The van der Waals surface area contributed by atoms with Crippen LogP contribution in [0, 0.1) is 0 Å². The smallest absolute Gasteiger partial charge is 0.263 e. The molecule has 0 saturated carbocycles. The zero-order chi connectivity index (χ0) is 25.1. The molecule has 1 atom stereocenters. The summed E-state index contributed by atoms with van der Waals surface area (Å²) in [5.41, 5.74) is 1.00. The Labute approximate surface area is 206 Å². The Morgan fingerprint density at radius 3 is 2.54 bits per heavy atom. The zero-order valence-electron chi connectivity index (χ0n) is 19.6. The van der Waals surface area contributed by atoms with E-state index in [0.717, 1.165) is 30.5 Å². The Morgan fingerprint density at radius 2 is 1.86 bits per heavy atom. The first-order valence-corrected chi connectivity index (χ1v) is 12.3. The Morgan fingerprint density at radius 1 is 1.14 bits per heavy atom. The second-order valence-electron chi connectivity index (χ2n) is 8.61. The molecule has 2 aromatic rings. The van der Waals surface area contributed by atoms with Gasteiger partial charge in [0.2, 0.25) is 5.91 Å². The summed E-state index contributed by atoms with van der Waals surface area (Å²) >= 11 is -2.44. The first-order chi connectivity index (χ1) is 16.7. The van der Waals surface area contributed by atoms with E-state index in [4.69, 9.17) is 0 Å². The van der Waals surface area contributed by atoms with Crippen molar-refractivity contribution in [2.24, 2.45) is 0 Å². The number of amides is 2. The Bertz CT molecular complexity index is 1170. The lowest BCUT2D eigenvalue weighted by Gasteiger charge is -2.33. The molecular formula is C23H28N6O5S. The molecule has 12 heteroatoms. The summed E-state index contributed by atoms with van der Waals surface area (Å²) in [6, 6.07) is 9.79. The van der Waals surface area contributed by atoms with Crippen LogP contribution >= 0.6 is 0 Å². The Hall–Kier alpha value is -3.19. The molecule has 0 aliphatic carbocycles. The summed E-state index contributed by atoms with van der Waals surface area (Å²) in [5, 5.41) is 2.79. The lowest BCUT2D eigenvalue weighted by Crippen LogP contribution is -2.48. The van der Waals surface area contributed by atoms with Crippen LogP contribution in [0.25, 0.3) is 0 Å². The molecule has 2 aliphatic heterocycles. The van der Waals surface area contributed by atoms with Crippen LogP contribution in [0.5, 0.6) is 0 Å². The molecule has 1 aromatic carbocycles. The number of piperazine rings is 1. The third kappa shape index (κ3) is 5.56. The lowest BCUT2D eigenvalue weighted by atomic mass is 10.1. The number of ketones is 1. The molecule has 0 spiro atoms. The van der Waals surface area contributed by atoms with Crippen molar-refractivity contribution in [2.75, 3.05) is 60.8 Å². The quantitative estimate of drug-likeness (QED) is 0.548. The summed E-state index contributed by atoms with van der Waals surface area (Å²) in [6.45, 7) is 4.65.